The molecule has 0 amide bonds. The van der Waals surface area contributed by atoms with Gasteiger partial charge in [-0.25, -0.2) is 0 Å². The van der Waals surface area contributed by atoms with Crippen LogP contribution in [0.5, 0.6) is 11.5 Å². The molecule has 1 aromatic carbocycles. The summed E-state index contributed by atoms with van der Waals surface area (Å²) in [5.74, 6) is 0.461. The highest BCUT2D eigenvalue weighted by Crippen LogP contribution is 2.29. The molecule has 3 N–H and O–H groups in total. The number of hydrogen-bond acceptors (Lipinski definition) is 4. The summed E-state index contributed by atoms with van der Waals surface area (Å²) >= 11 is 0. The first kappa shape index (κ1) is 9.67. The Hall–Kier alpha value is -1.42. The summed E-state index contributed by atoms with van der Waals surface area (Å²) < 4.78 is 10.1. The number of benzene rings is 1. The molecule has 0 aromatic heterocycles. The van der Waals surface area contributed by atoms with Crippen molar-refractivity contribution in [3.05, 3.63) is 18.2 Å². The van der Waals surface area contributed by atoms with E-state index in [4.69, 9.17) is 15.2 Å². The highest BCUT2D eigenvalue weighted by Gasteiger charge is 2.03. The van der Waals surface area contributed by atoms with E-state index in [2.05, 4.69) is 0 Å². The first-order chi connectivity index (χ1) is 6.25. The number of rotatable bonds is 4. The summed E-state index contributed by atoms with van der Waals surface area (Å²) in [6, 6.07) is 4.84. The Kier molecular flexibility index (Phi) is 3.40. The molecule has 13 heavy (non-hydrogen) atoms. The summed E-state index contributed by atoms with van der Waals surface area (Å²) in [6.07, 6.45) is 0. The molecule has 4 heteroatoms. The van der Waals surface area contributed by atoms with Crippen LogP contribution in [0.2, 0.25) is 0 Å². The second-order valence-corrected chi connectivity index (χ2v) is 2.44. The standard InChI is InChI=1S/C9H13NO3/c1-2-12-6-13-8-5-3-4-7(11)9(8)10/h3-5,11H,2,6,10H2,1H3. The highest BCUT2D eigenvalue weighted by atomic mass is 16.7. The number of phenols is 1. The van der Waals surface area contributed by atoms with Gasteiger partial charge in [-0.15, -0.1) is 0 Å². The van der Waals surface area contributed by atoms with Crippen molar-refractivity contribution in [1.29, 1.82) is 0 Å². The third kappa shape index (κ3) is 2.52. The number of hydrogen-bond donors (Lipinski definition) is 2. The van der Waals surface area contributed by atoms with Crippen molar-refractivity contribution in [3.8, 4) is 11.5 Å². The second kappa shape index (κ2) is 4.57. The zero-order valence-corrected chi connectivity index (χ0v) is 7.49. The molecule has 0 atom stereocenters. The number of para-hydroxylation sites is 1. The van der Waals surface area contributed by atoms with E-state index in [1.165, 1.54) is 6.07 Å². The van der Waals surface area contributed by atoms with Crippen LogP contribution in [0.3, 0.4) is 0 Å². The Morgan fingerprint density at radius 3 is 2.92 bits per heavy atom. The van der Waals surface area contributed by atoms with E-state index in [1.807, 2.05) is 6.92 Å². The van der Waals surface area contributed by atoms with E-state index < -0.39 is 0 Å². The van der Waals surface area contributed by atoms with Crippen LogP contribution in [0.4, 0.5) is 5.69 Å². The number of ether oxygens (including phenoxy) is 2. The third-order valence-electron chi connectivity index (χ3n) is 1.54. The summed E-state index contributed by atoms with van der Waals surface area (Å²) in [5, 5.41) is 9.21. The molecular formula is C9H13NO3. The van der Waals surface area contributed by atoms with Gasteiger partial charge in [0.2, 0.25) is 0 Å². The number of anilines is 1. The van der Waals surface area contributed by atoms with E-state index in [9.17, 15) is 5.11 Å². The van der Waals surface area contributed by atoms with E-state index in [0.717, 1.165) is 0 Å². The first-order valence-corrected chi connectivity index (χ1v) is 4.03. The summed E-state index contributed by atoms with van der Waals surface area (Å²) in [7, 11) is 0. The van der Waals surface area contributed by atoms with Crippen LogP contribution in [0.1, 0.15) is 6.92 Å². The highest BCUT2D eigenvalue weighted by molar-refractivity contribution is 5.61. The van der Waals surface area contributed by atoms with Gasteiger partial charge in [-0.05, 0) is 19.1 Å². The van der Waals surface area contributed by atoms with Crippen molar-refractivity contribution in [1.82, 2.24) is 0 Å². The average molecular weight is 183 g/mol. The summed E-state index contributed by atoms with van der Waals surface area (Å²) in [4.78, 5) is 0. The minimum Gasteiger partial charge on any atom is -0.506 e. The maximum Gasteiger partial charge on any atom is 0.189 e. The SMILES string of the molecule is CCOCOc1cccc(O)c1N. The van der Waals surface area contributed by atoms with Crippen LogP contribution in [0.15, 0.2) is 18.2 Å². The van der Waals surface area contributed by atoms with Crippen molar-refractivity contribution < 1.29 is 14.6 Å². The molecule has 1 rings (SSSR count). The third-order valence-corrected chi connectivity index (χ3v) is 1.54. The lowest BCUT2D eigenvalue weighted by molar-refractivity contribution is 0.0228. The normalized spacial score (nSPS) is 9.92. The molecule has 4 nitrogen and oxygen atoms in total. The molecule has 72 valence electrons. The predicted molar refractivity (Wildman–Crippen MR) is 49.6 cm³/mol. The van der Waals surface area contributed by atoms with E-state index in [0.29, 0.717) is 12.4 Å². The maximum atomic E-state index is 9.21. The zero-order valence-electron chi connectivity index (χ0n) is 7.49. The van der Waals surface area contributed by atoms with Gasteiger partial charge in [-0.1, -0.05) is 6.07 Å². The minimum atomic E-state index is 0.0222. The molecule has 0 saturated carbocycles. The van der Waals surface area contributed by atoms with Crippen LogP contribution < -0.4 is 10.5 Å². The number of nitrogen functional groups attached to an aromatic ring is 1. The second-order valence-electron chi connectivity index (χ2n) is 2.44. The molecular weight excluding hydrogens is 170 g/mol. The zero-order chi connectivity index (χ0) is 9.68. The van der Waals surface area contributed by atoms with E-state index in [1.54, 1.807) is 12.1 Å². The minimum absolute atomic E-state index is 0.0222. The molecule has 0 saturated heterocycles. The fourth-order valence-corrected chi connectivity index (χ4v) is 0.847. The summed E-state index contributed by atoms with van der Waals surface area (Å²) in [5.41, 5.74) is 5.77. The van der Waals surface area contributed by atoms with Crippen molar-refractivity contribution >= 4 is 5.69 Å². The Morgan fingerprint density at radius 2 is 2.23 bits per heavy atom. The lowest BCUT2D eigenvalue weighted by Gasteiger charge is -2.08. The Labute approximate surface area is 76.9 Å². The average Bonchev–Trinajstić information content (AvgIpc) is 2.13. The van der Waals surface area contributed by atoms with Gasteiger partial charge in [0.15, 0.2) is 6.79 Å². The number of nitrogens with two attached hydrogens (primary N) is 1. The van der Waals surface area contributed by atoms with Crippen LogP contribution in [0.25, 0.3) is 0 Å². The Morgan fingerprint density at radius 1 is 1.46 bits per heavy atom. The Balaban J connectivity index is 2.61. The van der Waals surface area contributed by atoms with Gasteiger partial charge in [0, 0.05) is 6.61 Å². The quantitative estimate of drug-likeness (QED) is 0.320. The smallest absolute Gasteiger partial charge is 0.189 e. The first-order valence-electron chi connectivity index (χ1n) is 4.03. The fraction of sp³-hybridized carbons (Fsp3) is 0.333. The van der Waals surface area contributed by atoms with Crippen LogP contribution >= 0.6 is 0 Å². The van der Waals surface area contributed by atoms with Gasteiger partial charge in [0.25, 0.3) is 0 Å². The monoisotopic (exact) mass is 183 g/mol. The largest absolute Gasteiger partial charge is 0.506 e. The van der Waals surface area contributed by atoms with Crippen LogP contribution in [-0.2, 0) is 4.74 Å². The van der Waals surface area contributed by atoms with Gasteiger partial charge in [0.05, 0.1) is 0 Å². The molecule has 0 aliphatic rings. The van der Waals surface area contributed by atoms with Crippen LogP contribution in [-0.4, -0.2) is 18.5 Å². The van der Waals surface area contributed by atoms with E-state index >= 15 is 0 Å². The predicted octanol–water partition coefficient (Wildman–Crippen LogP) is 1.35. The molecule has 0 aliphatic carbocycles. The van der Waals surface area contributed by atoms with Gasteiger partial charge in [-0.3, -0.25) is 0 Å². The van der Waals surface area contributed by atoms with E-state index in [-0.39, 0.29) is 18.2 Å². The van der Waals surface area contributed by atoms with Gasteiger partial charge < -0.3 is 20.3 Å². The maximum absolute atomic E-state index is 9.21. The van der Waals surface area contributed by atoms with Crippen molar-refractivity contribution in [2.45, 2.75) is 6.92 Å². The molecule has 0 fully saturated rings. The van der Waals surface area contributed by atoms with Gasteiger partial charge >= 0.3 is 0 Å². The van der Waals surface area contributed by atoms with Crippen LogP contribution in [0, 0.1) is 0 Å². The van der Waals surface area contributed by atoms with Gasteiger partial charge in [-0.2, -0.15) is 0 Å². The fourth-order valence-electron chi connectivity index (χ4n) is 0.847. The molecule has 0 radical (unpaired) electrons. The molecule has 0 spiro atoms. The number of aromatic hydroxyl groups is 1. The molecule has 0 unspecified atom stereocenters. The summed E-state index contributed by atoms with van der Waals surface area (Å²) in [6.45, 7) is 2.60. The van der Waals surface area contributed by atoms with Crippen molar-refractivity contribution in [2.75, 3.05) is 19.1 Å². The number of phenolic OH excluding ortho intramolecular Hbond substituents is 1. The van der Waals surface area contributed by atoms with Crippen molar-refractivity contribution in [2.24, 2.45) is 0 Å². The van der Waals surface area contributed by atoms with Gasteiger partial charge in [0.1, 0.15) is 17.2 Å². The molecule has 1 aromatic rings. The lowest BCUT2D eigenvalue weighted by atomic mass is 10.3. The lowest BCUT2D eigenvalue weighted by Crippen LogP contribution is -2.03. The van der Waals surface area contributed by atoms with Crippen molar-refractivity contribution in [3.63, 3.8) is 0 Å². The molecule has 0 bridgehead atoms. The Bertz CT molecular complexity index is 276. The molecule has 0 heterocycles. The topological polar surface area (TPSA) is 64.7 Å². The molecule has 0 aliphatic heterocycles.